The third kappa shape index (κ3) is 2.30. The van der Waals surface area contributed by atoms with Gasteiger partial charge in [0.05, 0.1) is 4.88 Å². The second-order valence-electron chi connectivity index (χ2n) is 6.18. The van der Waals surface area contributed by atoms with Crippen molar-refractivity contribution in [3.63, 3.8) is 0 Å². The molecule has 100 valence electrons. The minimum atomic E-state index is 0.0669. The number of fused-ring (bicyclic) bond motifs is 1. The summed E-state index contributed by atoms with van der Waals surface area (Å²) < 4.78 is 0. The smallest absolute Gasteiger partial charge is 0.169 e. The van der Waals surface area contributed by atoms with E-state index in [0.717, 1.165) is 29.9 Å². The Hall–Kier alpha value is -1.26. The first kappa shape index (κ1) is 12.8. The van der Waals surface area contributed by atoms with Gasteiger partial charge in [0.1, 0.15) is 0 Å². The van der Waals surface area contributed by atoms with Crippen LogP contribution in [0.4, 0.5) is 0 Å². The molecule has 2 N–H and O–H groups in total. The summed E-state index contributed by atoms with van der Waals surface area (Å²) in [6.45, 7) is 6.62. The van der Waals surface area contributed by atoms with Crippen LogP contribution in [0.5, 0.6) is 0 Å². The maximum Gasteiger partial charge on any atom is 0.169 e. The van der Waals surface area contributed by atoms with Crippen LogP contribution in [-0.2, 0) is 6.42 Å². The third-order valence-electron chi connectivity index (χ3n) is 3.78. The van der Waals surface area contributed by atoms with Crippen molar-refractivity contribution in [2.45, 2.75) is 39.7 Å². The normalized spacial score (nSPS) is 21.2. The molecule has 1 unspecified atom stereocenters. The van der Waals surface area contributed by atoms with Crippen molar-refractivity contribution in [1.82, 2.24) is 9.97 Å². The van der Waals surface area contributed by atoms with Crippen LogP contribution in [0.15, 0.2) is 17.6 Å². The van der Waals surface area contributed by atoms with E-state index in [4.69, 9.17) is 10.7 Å². The highest BCUT2D eigenvalue weighted by Gasteiger charge is 2.31. The summed E-state index contributed by atoms with van der Waals surface area (Å²) in [4.78, 5) is 10.5. The average molecular weight is 273 g/mol. The molecule has 0 spiro atoms. The molecule has 2 aromatic heterocycles. The Balaban J connectivity index is 2.07. The lowest BCUT2D eigenvalue weighted by molar-refractivity contribution is 0.278. The van der Waals surface area contributed by atoms with Crippen LogP contribution in [0.3, 0.4) is 0 Å². The van der Waals surface area contributed by atoms with Crippen LogP contribution in [0.1, 0.15) is 43.1 Å². The van der Waals surface area contributed by atoms with Gasteiger partial charge in [-0.05, 0) is 42.2 Å². The van der Waals surface area contributed by atoms with Gasteiger partial charge < -0.3 is 5.73 Å². The van der Waals surface area contributed by atoms with E-state index in [0.29, 0.717) is 0 Å². The molecule has 0 aromatic carbocycles. The molecule has 3 rings (SSSR count). The van der Waals surface area contributed by atoms with E-state index < -0.39 is 0 Å². The van der Waals surface area contributed by atoms with Crippen LogP contribution in [0.2, 0.25) is 0 Å². The number of rotatable bonds is 1. The van der Waals surface area contributed by atoms with Crippen molar-refractivity contribution in [2.75, 3.05) is 0 Å². The fourth-order valence-corrected chi connectivity index (χ4v) is 3.69. The third-order valence-corrected chi connectivity index (χ3v) is 4.80. The lowest BCUT2D eigenvalue weighted by atomic mass is 9.74. The van der Waals surface area contributed by atoms with Crippen LogP contribution < -0.4 is 5.73 Å². The standard InChI is InChI=1S/C15H19N3S/c1-9-4-5-19-13(9)14-17-8-10-11(16)6-15(2,3)7-12(10)18-14/h4-5,8,11H,6-7,16H2,1-3H3. The van der Waals surface area contributed by atoms with Crippen molar-refractivity contribution in [3.05, 3.63) is 34.5 Å². The van der Waals surface area contributed by atoms with E-state index in [1.165, 1.54) is 10.4 Å². The molecule has 0 bridgehead atoms. The molecule has 1 aliphatic rings. The Morgan fingerprint density at radius 1 is 1.42 bits per heavy atom. The number of nitrogens with zero attached hydrogens (tertiary/aromatic N) is 2. The zero-order chi connectivity index (χ0) is 13.6. The van der Waals surface area contributed by atoms with Crippen molar-refractivity contribution < 1.29 is 0 Å². The van der Waals surface area contributed by atoms with Crippen molar-refractivity contribution in [2.24, 2.45) is 11.1 Å². The summed E-state index contributed by atoms with van der Waals surface area (Å²) in [5.74, 6) is 0.844. The molecule has 0 fully saturated rings. The van der Waals surface area contributed by atoms with Gasteiger partial charge in [-0.25, -0.2) is 9.97 Å². The fraction of sp³-hybridized carbons (Fsp3) is 0.467. The number of aryl methyl sites for hydroxylation is 1. The number of thiophene rings is 1. The Morgan fingerprint density at radius 2 is 2.21 bits per heavy atom. The minimum Gasteiger partial charge on any atom is -0.324 e. The Kier molecular flexibility index (Phi) is 2.95. The zero-order valence-electron chi connectivity index (χ0n) is 11.6. The fourth-order valence-electron chi connectivity index (χ4n) is 2.82. The van der Waals surface area contributed by atoms with Crippen LogP contribution in [-0.4, -0.2) is 9.97 Å². The molecule has 0 aliphatic heterocycles. The molecule has 1 aliphatic carbocycles. The van der Waals surface area contributed by atoms with Crippen LogP contribution in [0, 0.1) is 12.3 Å². The first-order chi connectivity index (χ1) is 8.96. The predicted octanol–water partition coefficient (Wildman–Crippen LogP) is 3.49. The van der Waals surface area contributed by atoms with E-state index in [2.05, 4.69) is 37.2 Å². The highest BCUT2D eigenvalue weighted by Crippen LogP contribution is 2.39. The molecule has 19 heavy (non-hydrogen) atoms. The van der Waals surface area contributed by atoms with Crippen LogP contribution in [0.25, 0.3) is 10.7 Å². The summed E-state index contributed by atoms with van der Waals surface area (Å²) in [5, 5.41) is 2.09. The van der Waals surface area contributed by atoms with E-state index in [9.17, 15) is 0 Å². The van der Waals surface area contributed by atoms with E-state index in [1.807, 2.05) is 6.20 Å². The van der Waals surface area contributed by atoms with Gasteiger partial charge in [0.25, 0.3) is 0 Å². The largest absolute Gasteiger partial charge is 0.324 e. The molecular weight excluding hydrogens is 254 g/mol. The van der Waals surface area contributed by atoms with Crippen molar-refractivity contribution in [1.29, 1.82) is 0 Å². The van der Waals surface area contributed by atoms with Gasteiger partial charge >= 0.3 is 0 Å². The van der Waals surface area contributed by atoms with Gasteiger partial charge in [-0.3, -0.25) is 0 Å². The molecule has 2 aromatic rings. The molecule has 2 heterocycles. The molecule has 0 amide bonds. The van der Waals surface area contributed by atoms with Crippen molar-refractivity contribution >= 4 is 11.3 Å². The first-order valence-electron chi connectivity index (χ1n) is 6.62. The van der Waals surface area contributed by atoms with Crippen molar-refractivity contribution in [3.8, 4) is 10.7 Å². The maximum atomic E-state index is 6.24. The summed E-state index contributed by atoms with van der Waals surface area (Å²) in [6, 6.07) is 2.18. The summed E-state index contributed by atoms with van der Waals surface area (Å²) in [6.07, 6.45) is 3.91. The van der Waals surface area contributed by atoms with E-state index in [1.54, 1.807) is 11.3 Å². The maximum absolute atomic E-state index is 6.24. The highest BCUT2D eigenvalue weighted by molar-refractivity contribution is 7.13. The molecule has 0 radical (unpaired) electrons. The van der Waals surface area contributed by atoms with E-state index >= 15 is 0 Å². The van der Waals surface area contributed by atoms with Gasteiger partial charge in [0, 0.05) is 23.5 Å². The number of aromatic nitrogens is 2. The number of hydrogen-bond donors (Lipinski definition) is 1. The minimum absolute atomic E-state index is 0.0669. The Bertz CT molecular complexity index is 616. The molecular formula is C15H19N3S. The van der Waals surface area contributed by atoms with Gasteiger partial charge in [-0.15, -0.1) is 11.3 Å². The van der Waals surface area contributed by atoms with Crippen LogP contribution >= 0.6 is 11.3 Å². The molecule has 0 saturated carbocycles. The lowest BCUT2D eigenvalue weighted by Crippen LogP contribution is -2.30. The van der Waals surface area contributed by atoms with E-state index in [-0.39, 0.29) is 11.5 Å². The molecule has 0 saturated heterocycles. The van der Waals surface area contributed by atoms with Gasteiger partial charge in [-0.1, -0.05) is 13.8 Å². The predicted molar refractivity (Wildman–Crippen MR) is 79.1 cm³/mol. The molecule has 1 atom stereocenters. The second kappa shape index (κ2) is 4.39. The van der Waals surface area contributed by atoms with Gasteiger partial charge in [-0.2, -0.15) is 0 Å². The summed E-state index contributed by atoms with van der Waals surface area (Å²) in [5.41, 5.74) is 9.96. The molecule has 4 heteroatoms. The molecule has 3 nitrogen and oxygen atoms in total. The lowest BCUT2D eigenvalue weighted by Gasteiger charge is -2.34. The number of nitrogens with two attached hydrogens (primary N) is 1. The first-order valence-corrected chi connectivity index (χ1v) is 7.50. The monoisotopic (exact) mass is 273 g/mol. The Labute approximate surface area is 117 Å². The Morgan fingerprint density at radius 3 is 2.89 bits per heavy atom. The van der Waals surface area contributed by atoms with Gasteiger partial charge in [0.15, 0.2) is 5.82 Å². The average Bonchev–Trinajstić information content (AvgIpc) is 2.73. The van der Waals surface area contributed by atoms with Gasteiger partial charge in [0.2, 0.25) is 0 Å². The summed E-state index contributed by atoms with van der Waals surface area (Å²) in [7, 11) is 0. The highest BCUT2D eigenvalue weighted by atomic mass is 32.1. The summed E-state index contributed by atoms with van der Waals surface area (Å²) >= 11 is 1.70. The number of hydrogen-bond acceptors (Lipinski definition) is 4. The second-order valence-corrected chi connectivity index (χ2v) is 7.10. The quantitative estimate of drug-likeness (QED) is 0.865. The zero-order valence-corrected chi connectivity index (χ0v) is 12.4. The SMILES string of the molecule is Cc1ccsc1-c1ncc2c(n1)CC(C)(C)CC2N. The topological polar surface area (TPSA) is 51.8 Å².